The average Bonchev–Trinajstić information content (AvgIpc) is 1.82. The minimum Gasteiger partial charge on any atom is -0.477 e. The molecule has 0 amide bonds. The standard InChI is InChI=1S/C9H18O4/c1-6(2)5-9(12,8(10)11)13-7(3)4/h6-7,12H,5H2,1-4H3,(H,10,11). The summed E-state index contributed by atoms with van der Waals surface area (Å²) in [7, 11) is 0. The van der Waals surface area contributed by atoms with Gasteiger partial charge >= 0.3 is 5.97 Å². The van der Waals surface area contributed by atoms with E-state index in [0.717, 1.165) is 0 Å². The smallest absolute Gasteiger partial charge is 0.364 e. The number of hydrogen-bond acceptors (Lipinski definition) is 3. The normalized spacial score (nSPS) is 16.2. The molecule has 78 valence electrons. The molecule has 0 aromatic rings. The first-order chi connectivity index (χ1) is 5.78. The van der Waals surface area contributed by atoms with E-state index in [9.17, 15) is 9.90 Å². The lowest BCUT2D eigenvalue weighted by molar-refractivity contribution is -0.240. The maximum atomic E-state index is 10.7. The molecule has 0 aromatic carbocycles. The van der Waals surface area contributed by atoms with Crippen molar-refractivity contribution in [2.45, 2.75) is 46.0 Å². The number of carbonyl (C=O) groups is 1. The Morgan fingerprint density at radius 1 is 1.38 bits per heavy atom. The second-order valence-electron chi connectivity index (χ2n) is 3.85. The molecule has 0 aliphatic heterocycles. The summed E-state index contributed by atoms with van der Waals surface area (Å²) in [6.07, 6.45) is -0.208. The molecule has 0 aliphatic rings. The van der Waals surface area contributed by atoms with Crippen molar-refractivity contribution in [2.24, 2.45) is 5.92 Å². The maximum Gasteiger partial charge on any atom is 0.364 e. The molecule has 4 heteroatoms. The third-order valence-corrected chi connectivity index (χ3v) is 1.45. The van der Waals surface area contributed by atoms with E-state index in [4.69, 9.17) is 9.84 Å². The monoisotopic (exact) mass is 190 g/mol. The van der Waals surface area contributed by atoms with E-state index in [1.54, 1.807) is 13.8 Å². The molecule has 0 fully saturated rings. The Balaban J connectivity index is 4.43. The predicted molar refractivity (Wildman–Crippen MR) is 48.3 cm³/mol. The van der Waals surface area contributed by atoms with Crippen LogP contribution in [0, 0.1) is 5.92 Å². The number of carboxylic acids is 1. The molecule has 4 nitrogen and oxygen atoms in total. The van der Waals surface area contributed by atoms with Crippen molar-refractivity contribution < 1.29 is 19.7 Å². The SMILES string of the molecule is CC(C)CC(O)(OC(C)C)C(=O)O. The third-order valence-electron chi connectivity index (χ3n) is 1.45. The molecular formula is C9H18O4. The molecule has 0 saturated carbocycles. The number of rotatable bonds is 5. The lowest BCUT2D eigenvalue weighted by atomic mass is 10.0. The summed E-state index contributed by atoms with van der Waals surface area (Å²) in [6, 6.07) is 0. The summed E-state index contributed by atoms with van der Waals surface area (Å²) >= 11 is 0. The van der Waals surface area contributed by atoms with Crippen molar-refractivity contribution in [2.75, 3.05) is 0 Å². The van der Waals surface area contributed by atoms with Crippen LogP contribution < -0.4 is 0 Å². The molecule has 0 aliphatic carbocycles. The van der Waals surface area contributed by atoms with E-state index in [1.165, 1.54) is 0 Å². The Kier molecular flexibility index (Phi) is 4.36. The van der Waals surface area contributed by atoms with Gasteiger partial charge in [-0.2, -0.15) is 0 Å². The lowest BCUT2D eigenvalue weighted by Crippen LogP contribution is -2.44. The summed E-state index contributed by atoms with van der Waals surface area (Å²) < 4.78 is 4.97. The zero-order valence-electron chi connectivity index (χ0n) is 8.57. The van der Waals surface area contributed by atoms with Crippen LogP contribution in [0.15, 0.2) is 0 Å². The average molecular weight is 190 g/mol. The van der Waals surface area contributed by atoms with Crippen molar-refractivity contribution in [1.29, 1.82) is 0 Å². The van der Waals surface area contributed by atoms with Gasteiger partial charge in [-0.25, -0.2) is 4.79 Å². The molecule has 0 spiro atoms. The van der Waals surface area contributed by atoms with Gasteiger partial charge in [0.05, 0.1) is 6.10 Å². The van der Waals surface area contributed by atoms with Crippen LogP contribution in [0.2, 0.25) is 0 Å². The van der Waals surface area contributed by atoms with Crippen LogP contribution in [0.4, 0.5) is 0 Å². The fraction of sp³-hybridized carbons (Fsp3) is 0.889. The summed E-state index contributed by atoms with van der Waals surface area (Å²) in [4.78, 5) is 10.7. The number of carboxylic acid groups (broad SMARTS) is 1. The summed E-state index contributed by atoms with van der Waals surface area (Å²) in [5.74, 6) is -3.29. The van der Waals surface area contributed by atoms with Gasteiger partial charge in [0.2, 0.25) is 0 Å². The van der Waals surface area contributed by atoms with Crippen LogP contribution in [-0.2, 0) is 9.53 Å². The van der Waals surface area contributed by atoms with Gasteiger partial charge in [0.1, 0.15) is 0 Å². The van der Waals surface area contributed by atoms with Crippen LogP contribution in [0.5, 0.6) is 0 Å². The van der Waals surface area contributed by atoms with Crippen molar-refractivity contribution in [3.05, 3.63) is 0 Å². The fourth-order valence-electron chi connectivity index (χ4n) is 1.13. The quantitative estimate of drug-likeness (QED) is 0.640. The van der Waals surface area contributed by atoms with Gasteiger partial charge in [0.15, 0.2) is 0 Å². The van der Waals surface area contributed by atoms with E-state index in [0.29, 0.717) is 0 Å². The van der Waals surface area contributed by atoms with Crippen molar-refractivity contribution in [3.63, 3.8) is 0 Å². The van der Waals surface area contributed by atoms with E-state index in [2.05, 4.69) is 0 Å². The minimum atomic E-state index is -2.04. The van der Waals surface area contributed by atoms with E-state index in [1.807, 2.05) is 13.8 Å². The number of aliphatic hydroxyl groups is 1. The van der Waals surface area contributed by atoms with Gasteiger partial charge in [-0.05, 0) is 19.8 Å². The largest absolute Gasteiger partial charge is 0.477 e. The van der Waals surface area contributed by atoms with Gasteiger partial charge in [0, 0.05) is 6.42 Å². The van der Waals surface area contributed by atoms with E-state index >= 15 is 0 Å². The highest BCUT2D eigenvalue weighted by atomic mass is 16.7. The first kappa shape index (κ1) is 12.4. The zero-order valence-corrected chi connectivity index (χ0v) is 8.57. The molecule has 0 heterocycles. The predicted octanol–water partition coefficient (Wildman–Crippen LogP) is 1.23. The van der Waals surface area contributed by atoms with Gasteiger partial charge in [-0.15, -0.1) is 0 Å². The molecule has 0 saturated heterocycles. The fourth-order valence-corrected chi connectivity index (χ4v) is 1.13. The van der Waals surface area contributed by atoms with E-state index < -0.39 is 11.8 Å². The molecule has 0 radical (unpaired) electrons. The molecule has 13 heavy (non-hydrogen) atoms. The van der Waals surface area contributed by atoms with Crippen LogP contribution in [0.3, 0.4) is 0 Å². The third kappa shape index (κ3) is 4.24. The molecular weight excluding hydrogens is 172 g/mol. The van der Waals surface area contributed by atoms with Gasteiger partial charge in [-0.1, -0.05) is 13.8 Å². The van der Waals surface area contributed by atoms with Crippen LogP contribution in [-0.4, -0.2) is 28.1 Å². The van der Waals surface area contributed by atoms with Crippen LogP contribution in [0.1, 0.15) is 34.1 Å². The van der Waals surface area contributed by atoms with Crippen LogP contribution >= 0.6 is 0 Å². The molecule has 1 atom stereocenters. The summed E-state index contributed by atoms with van der Waals surface area (Å²) in [5.41, 5.74) is 0. The molecule has 2 N–H and O–H groups in total. The number of aliphatic carboxylic acids is 1. The lowest BCUT2D eigenvalue weighted by Gasteiger charge is -2.27. The van der Waals surface area contributed by atoms with Crippen molar-refractivity contribution in [1.82, 2.24) is 0 Å². The Hall–Kier alpha value is -0.610. The van der Waals surface area contributed by atoms with Gasteiger partial charge in [0.25, 0.3) is 5.79 Å². The maximum absolute atomic E-state index is 10.7. The highest BCUT2D eigenvalue weighted by Gasteiger charge is 2.38. The van der Waals surface area contributed by atoms with Gasteiger partial charge in [-0.3, -0.25) is 0 Å². The Bertz CT molecular complexity index is 164. The second kappa shape index (κ2) is 4.58. The molecule has 0 rings (SSSR count). The highest BCUT2D eigenvalue weighted by molar-refractivity contribution is 5.75. The summed E-state index contributed by atoms with van der Waals surface area (Å²) in [5, 5.41) is 18.4. The number of ether oxygens (including phenoxy) is 1. The Morgan fingerprint density at radius 2 is 1.85 bits per heavy atom. The Labute approximate surface area is 78.5 Å². The van der Waals surface area contributed by atoms with Crippen molar-refractivity contribution >= 4 is 5.97 Å². The van der Waals surface area contributed by atoms with E-state index in [-0.39, 0.29) is 18.4 Å². The first-order valence-corrected chi connectivity index (χ1v) is 4.41. The summed E-state index contributed by atoms with van der Waals surface area (Å²) in [6.45, 7) is 7.04. The van der Waals surface area contributed by atoms with Gasteiger partial charge < -0.3 is 14.9 Å². The van der Waals surface area contributed by atoms with Crippen LogP contribution in [0.25, 0.3) is 0 Å². The zero-order chi connectivity index (χ0) is 10.6. The topological polar surface area (TPSA) is 66.8 Å². The minimum absolute atomic E-state index is 0.0693. The number of hydrogen-bond donors (Lipinski definition) is 2. The molecule has 1 unspecified atom stereocenters. The molecule has 0 bridgehead atoms. The first-order valence-electron chi connectivity index (χ1n) is 4.41. The molecule has 0 aromatic heterocycles. The second-order valence-corrected chi connectivity index (χ2v) is 3.85. The van der Waals surface area contributed by atoms with Crippen molar-refractivity contribution in [3.8, 4) is 0 Å². The highest BCUT2D eigenvalue weighted by Crippen LogP contribution is 2.20. The Morgan fingerprint density at radius 3 is 2.08 bits per heavy atom.